The van der Waals surface area contributed by atoms with Gasteiger partial charge < -0.3 is 16.0 Å². The van der Waals surface area contributed by atoms with Crippen molar-refractivity contribution in [3.8, 4) is 0 Å². The van der Waals surface area contributed by atoms with E-state index >= 15 is 0 Å². The quantitative estimate of drug-likeness (QED) is 0.486. The maximum absolute atomic E-state index is 12.0. The van der Waals surface area contributed by atoms with Gasteiger partial charge in [0.15, 0.2) is 5.96 Å². The van der Waals surface area contributed by atoms with Gasteiger partial charge in [0.2, 0.25) is 5.91 Å². The molecule has 8 heteroatoms. The lowest BCUT2D eigenvalue weighted by molar-refractivity contribution is -0.116. The van der Waals surface area contributed by atoms with E-state index in [1.165, 1.54) is 0 Å². The fourth-order valence-electron chi connectivity index (χ4n) is 2.11. The van der Waals surface area contributed by atoms with Crippen LogP contribution in [0.1, 0.15) is 19.0 Å². The van der Waals surface area contributed by atoms with Gasteiger partial charge in [-0.25, -0.2) is 4.99 Å². The van der Waals surface area contributed by atoms with Crippen molar-refractivity contribution in [3.05, 3.63) is 46.7 Å². The number of rotatable bonds is 7. The zero-order chi connectivity index (χ0) is 18.1. The summed E-state index contributed by atoms with van der Waals surface area (Å²) in [5.41, 5.74) is 1.80. The number of carbonyl (C=O) groups is 1. The summed E-state index contributed by atoms with van der Waals surface area (Å²) in [5, 5.41) is 13.3. The molecule has 0 spiro atoms. The predicted molar refractivity (Wildman–Crippen MR) is 103 cm³/mol. The van der Waals surface area contributed by atoms with Crippen molar-refractivity contribution in [3.63, 3.8) is 0 Å². The Morgan fingerprint density at radius 3 is 2.64 bits per heavy atom. The minimum absolute atomic E-state index is 0.0442. The number of aromatic nitrogens is 2. The van der Waals surface area contributed by atoms with Crippen LogP contribution in [0.2, 0.25) is 0 Å². The summed E-state index contributed by atoms with van der Waals surface area (Å²) in [5.74, 6) is 0.637. The predicted octanol–water partition coefficient (Wildman–Crippen LogP) is 2.27. The number of halogens is 1. The SMILES string of the molecule is CCNC(=NCc1ccnn1C)NCCC(=O)Nc1ccc(Br)cc1. The van der Waals surface area contributed by atoms with Crippen LogP contribution in [0.25, 0.3) is 0 Å². The van der Waals surface area contributed by atoms with Crippen LogP contribution in [-0.4, -0.2) is 34.7 Å². The number of nitrogens with one attached hydrogen (secondary N) is 3. The van der Waals surface area contributed by atoms with Gasteiger partial charge in [-0.1, -0.05) is 15.9 Å². The molecule has 0 atom stereocenters. The molecular formula is C17H23BrN6O. The highest BCUT2D eigenvalue weighted by atomic mass is 79.9. The van der Waals surface area contributed by atoms with Crippen molar-refractivity contribution in [2.45, 2.75) is 19.9 Å². The second-order valence-corrected chi connectivity index (χ2v) is 6.29. The van der Waals surface area contributed by atoms with Crippen LogP contribution in [-0.2, 0) is 18.4 Å². The summed E-state index contributed by atoms with van der Waals surface area (Å²) >= 11 is 3.37. The molecule has 2 rings (SSSR count). The molecule has 0 unspecified atom stereocenters. The Morgan fingerprint density at radius 2 is 2.00 bits per heavy atom. The first kappa shape index (κ1) is 19.0. The second kappa shape index (κ2) is 9.83. The van der Waals surface area contributed by atoms with Crippen LogP contribution in [0.15, 0.2) is 46.0 Å². The monoisotopic (exact) mass is 406 g/mol. The highest BCUT2D eigenvalue weighted by Crippen LogP contribution is 2.14. The molecule has 0 aliphatic heterocycles. The molecule has 1 aromatic carbocycles. The molecule has 0 saturated heterocycles. The van der Waals surface area contributed by atoms with E-state index in [9.17, 15) is 4.79 Å². The van der Waals surface area contributed by atoms with Gasteiger partial charge in [0, 0.05) is 42.9 Å². The molecule has 25 heavy (non-hydrogen) atoms. The first-order chi connectivity index (χ1) is 12.1. The van der Waals surface area contributed by atoms with E-state index in [4.69, 9.17) is 0 Å². The number of benzene rings is 1. The van der Waals surface area contributed by atoms with Crippen molar-refractivity contribution in [1.82, 2.24) is 20.4 Å². The smallest absolute Gasteiger partial charge is 0.226 e. The highest BCUT2D eigenvalue weighted by molar-refractivity contribution is 9.10. The van der Waals surface area contributed by atoms with Gasteiger partial charge in [-0.3, -0.25) is 9.48 Å². The molecule has 0 aliphatic carbocycles. The Kier molecular flexibility index (Phi) is 7.46. The molecule has 134 valence electrons. The van der Waals surface area contributed by atoms with E-state index in [0.717, 1.165) is 22.4 Å². The topological polar surface area (TPSA) is 83.3 Å². The number of guanidine groups is 1. The zero-order valence-corrected chi connectivity index (χ0v) is 16.0. The minimum Gasteiger partial charge on any atom is -0.357 e. The maximum atomic E-state index is 12.0. The van der Waals surface area contributed by atoms with E-state index in [2.05, 4.69) is 42.0 Å². The summed E-state index contributed by atoms with van der Waals surface area (Å²) in [6.45, 7) is 3.78. The molecule has 0 aliphatic rings. The Balaban J connectivity index is 1.79. The van der Waals surface area contributed by atoms with Crippen LogP contribution in [0, 0.1) is 0 Å². The zero-order valence-electron chi connectivity index (χ0n) is 14.4. The second-order valence-electron chi connectivity index (χ2n) is 5.37. The molecule has 1 aromatic heterocycles. The Hall–Kier alpha value is -2.35. The van der Waals surface area contributed by atoms with Crippen molar-refractivity contribution < 1.29 is 4.79 Å². The molecule has 7 nitrogen and oxygen atoms in total. The van der Waals surface area contributed by atoms with Gasteiger partial charge in [0.1, 0.15) is 0 Å². The molecule has 0 fully saturated rings. The average molecular weight is 407 g/mol. The summed E-state index contributed by atoms with van der Waals surface area (Å²) in [7, 11) is 1.89. The van der Waals surface area contributed by atoms with Crippen LogP contribution >= 0.6 is 15.9 Å². The van der Waals surface area contributed by atoms with E-state index in [0.29, 0.717) is 25.5 Å². The van der Waals surface area contributed by atoms with E-state index in [1.807, 2.05) is 44.3 Å². The number of hydrogen-bond donors (Lipinski definition) is 3. The summed E-state index contributed by atoms with van der Waals surface area (Å²) < 4.78 is 2.77. The lowest BCUT2D eigenvalue weighted by atomic mass is 10.3. The molecule has 2 aromatic rings. The van der Waals surface area contributed by atoms with Gasteiger partial charge in [-0.15, -0.1) is 0 Å². The van der Waals surface area contributed by atoms with Crippen LogP contribution in [0.4, 0.5) is 5.69 Å². The highest BCUT2D eigenvalue weighted by Gasteiger charge is 2.04. The third-order valence-electron chi connectivity index (χ3n) is 3.44. The molecule has 1 amide bonds. The van der Waals surface area contributed by atoms with E-state index in [-0.39, 0.29) is 5.91 Å². The number of hydrogen-bond acceptors (Lipinski definition) is 3. The molecule has 0 bridgehead atoms. The van der Waals surface area contributed by atoms with Gasteiger partial charge in [0.25, 0.3) is 0 Å². The minimum atomic E-state index is -0.0442. The van der Waals surface area contributed by atoms with Crippen LogP contribution < -0.4 is 16.0 Å². The molecule has 3 N–H and O–H groups in total. The van der Waals surface area contributed by atoms with Crippen molar-refractivity contribution in [2.24, 2.45) is 12.0 Å². The summed E-state index contributed by atoms with van der Waals surface area (Å²) in [6.07, 6.45) is 2.10. The Bertz CT molecular complexity index is 710. The molecular weight excluding hydrogens is 384 g/mol. The van der Waals surface area contributed by atoms with Gasteiger partial charge in [-0.05, 0) is 37.3 Å². The first-order valence-electron chi connectivity index (χ1n) is 8.13. The third-order valence-corrected chi connectivity index (χ3v) is 3.97. The van der Waals surface area contributed by atoms with Gasteiger partial charge in [0.05, 0.1) is 12.2 Å². The number of amides is 1. The van der Waals surface area contributed by atoms with E-state index in [1.54, 1.807) is 10.9 Å². The van der Waals surface area contributed by atoms with Crippen LogP contribution in [0.3, 0.4) is 0 Å². The Labute approximate surface area is 156 Å². The standard InChI is InChI=1S/C17H23BrN6O/c1-3-19-17(21-12-15-8-11-22-24(15)2)20-10-9-16(25)23-14-6-4-13(18)5-7-14/h4-8,11H,3,9-10,12H2,1-2H3,(H,23,25)(H2,19,20,21). The van der Waals surface area contributed by atoms with Crippen molar-refractivity contribution >= 4 is 33.5 Å². The summed E-state index contributed by atoms with van der Waals surface area (Å²) in [4.78, 5) is 16.5. The lowest BCUT2D eigenvalue weighted by Crippen LogP contribution is -2.38. The number of nitrogens with zero attached hydrogens (tertiary/aromatic N) is 3. The van der Waals surface area contributed by atoms with Crippen LogP contribution in [0.5, 0.6) is 0 Å². The van der Waals surface area contributed by atoms with E-state index < -0.39 is 0 Å². The van der Waals surface area contributed by atoms with Gasteiger partial charge >= 0.3 is 0 Å². The largest absolute Gasteiger partial charge is 0.357 e. The third kappa shape index (κ3) is 6.58. The number of aryl methyl sites for hydroxylation is 1. The lowest BCUT2D eigenvalue weighted by Gasteiger charge is -2.11. The fourth-order valence-corrected chi connectivity index (χ4v) is 2.37. The first-order valence-corrected chi connectivity index (χ1v) is 8.92. The number of carbonyl (C=O) groups excluding carboxylic acids is 1. The van der Waals surface area contributed by atoms with Gasteiger partial charge in [-0.2, -0.15) is 5.10 Å². The maximum Gasteiger partial charge on any atom is 0.226 e. The van der Waals surface area contributed by atoms with Crippen molar-refractivity contribution in [2.75, 3.05) is 18.4 Å². The number of aliphatic imine (C=N–C) groups is 1. The summed E-state index contributed by atoms with van der Waals surface area (Å²) in [6, 6.07) is 9.42. The molecule has 0 radical (unpaired) electrons. The molecule has 1 heterocycles. The number of anilines is 1. The molecule has 0 saturated carbocycles. The Morgan fingerprint density at radius 1 is 1.24 bits per heavy atom. The fraction of sp³-hybridized carbons (Fsp3) is 0.353. The average Bonchev–Trinajstić information content (AvgIpc) is 3.00. The van der Waals surface area contributed by atoms with Crippen molar-refractivity contribution in [1.29, 1.82) is 0 Å². The normalized spacial score (nSPS) is 11.2.